The lowest BCUT2D eigenvalue weighted by molar-refractivity contribution is -0.126. The van der Waals surface area contributed by atoms with Crippen molar-refractivity contribution >= 4 is 37.8 Å². The van der Waals surface area contributed by atoms with Crippen molar-refractivity contribution in [3.63, 3.8) is 0 Å². The summed E-state index contributed by atoms with van der Waals surface area (Å²) in [6.07, 6.45) is 1.93. The van der Waals surface area contributed by atoms with Gasteiger partial charge in [-0.05, 0) is 37.1 Å². The number of rotatable bonds is 8. The number of nitrogens with one attached hydrogen (secondary N) is 3. The molecule has 3 N–H and O–H groups in total. The molecule has 2 amide bonds. The van der Waals surface area contributed by atoms with E-state index in [2.05, 4.69) is 31.3 Å². The van der Waals surface area contributed by atoms with Gasteiger partial charge in [0.15, 0.2) is 0 Å². The van der Waals surface area contributed by atoms with E-state index >= 15 is 0 Å². The standard InChI is InChI=1S/C14H18BrN3O4S/c15-10-1-5-12(6-2-10)23(21,22)17-8-7-13(19)16-9-14(20)18-11-3-4-11/h1-2,5-6,11,17H,3-4,7-9H2,(H,16,19)(H,18,20). The molecule has 23 heavy (non-hydrogen) atoms. The number of benzene rings is 1. The zero-order chi connectivity index (χ0) is 16.9. The van der Waals surface area contributed by atoms with Gasteiger partial charge < -0.3 is 10.6 Å². The molecule has 0 atom stereocenters. The average molecular weight is 404 g/mol. The summed E-state index contributed by atoms with van der Waals surface area (Å²) in [6.45, 7) is -0.122. The first-order valence-electron chi connectivity index (χ1n) is 7.18. The number of halogens is 1. The highest BCUT2D eigenvalue weighted by atomic mass is 79.9. The molecule has 0 bridgehead atoms. The van der Waals surface area contributed by atoms with Crippen LogP contribution in [-0.4, -0.2) is 39.4 Å². The third kappa shape index (κ3) is 6.28. The van der Waals surface area contributed by atoms with Crippen molar-refractivity contribution in [1.29, 1.82) is 0 Å². The number of carbonyl (C=O) groups excluding carboxylic acids is 2. The van der Waals surface area contributed by atoms with Crippen LogP contribution < -0.4 is 15.4 Å². The molecular formula is C14H18BrN3O4S. The van der Waals surface area contributed by atoms with Crippen LogP contribution in [0.4, 0.5) is 0 Å². The number of hydrogen-bond donors (Lipinski definition) is 3. The fourth-order valence-corrected chi connectivity index (χ4v) is 3.07. The van der Waals surface area contributed by atoms with Gasteiger partial charge in [0.2, 0.25) is 21.8 Å². The molecule has 9 heteroatoms. The van der Waals surface area contributed by atoms with Crippen LogP contribution in [0.1, 0.15) is 19.3 Å². The van der Waals surface area contributed by atoms with E-state index in [1.165, 1.54) is 12.1 Å². The highest BCUT2D eigenvalue weighted by Gasteiger charge is 2.23. The van der Waals surface area contributed by atoms with E-state index in [-0.39, 0.29) is 42.3 Å². The van der Waals surface area contributed by atoms with Crippen LogP contribution in [0.2, 0.25) is 0 Å². The normalized spacial score (nSPS) is 14.3. The smallest absolute Gasteiger partial charge is 0.240 e. The predicted molar refractivity (Wildman–Crippen MR) is 88.1 cm³/mol. The highest BCUT2D eigenvalue weighted by Crippen LogP contribution is 2.18. The van der Waals surface area contributed by atoms with Crippen LogP contribution >= 0.6 is 15.9 Å². The van der Waals surface area contributed by atoms with E-state index < -0.39 is 10.0 Å². The van der Waals surface area contributed by atoms with Crippen LogP contribution in [-0.2, 0) is 19.6 Å². The lowest BCUT2D eigenvalue weighted by atomic mass is 10.4. The molecule has 0 aromatic heterocycles. The Morgan fingerprint density at radius 1 is 1.13 bits per heavy atom. The minimum absolute atomic E-state index is 0.0333. The Morgan fingerprint density at radius 3 is 2.39 bits per heavy atom. The molecule has 0 heterocycles. The van der Waals surface area contributed by atoms with Crippen molar-refractivity contribution in [2.75, 3.05) is 13.1 Å². The van der Waals surface area contributed by atoms with Gasteiger partial charge in [-0.3, -0.25) is 9.59 Å². The molecule has 1 aliphatic rings. The van der Waals surface area contributed by atoms with Crippen molar-refractivity contribution in [1.82, 2.24) is 15.4 Å². The summed E-state index contributed by atoms with van der Waals surface area (Å²) in [4.78, 5) is 23.1. The number of hydrogen-bond acceptors (Lipinski definition) is 4. The predicted octanol–water partition coefficient (Wildman–Crippen LogP) is 0.512. The summed E-state index contributed by atoms with van der Waals surface area (Å²) < 4.78 is 27.1. The highest BCUT2D eigenvalue weighted by molar-refractivity contribution is 9.10. The topological polar surface area (TPSA) is 104 Å². The maximum absolute atomic E-state index is 12.0. The quantitative estimate of drug-likeness (QED) is 0.587. The second-order valence-electron chi connectivity index (χ2n) is 5.22. The summed E-state index contributed by atoms with van der Waals surface area (Å²) in [5.41, 5.74) is 0. The Labute approximate surface area is 143 Å². The monoisotopic (exact) mass is 403 g/mol. The molecule has 1 fully saturated rings. The van der Waals surface area contributed by atoms with E-state index in [0.29, 0.717) is 0 Å². The minimum Gasteiger partial charge on any atom is -0.352 e. The van der Waals surface area contributed by atoms with Crippen molar-refractivity contribution in [3.8, 4) is 0 Å². The molecule has 126 valence electrons. The first-order valence-corrected chi connectivity index (χ1v) is 9.46. The third-order valence-electron chi connectivity index (χ3n) is 3.16. The van der Waals surface area contributed by atoms with Gasteiger partial charge in [-0.1, -0.05) is 15.9 Å². The molecule has 0 radical (unpaired) electrons. The Hall–Kier alpha value is -1.45. The van der Waals surface area contributed by atoms with E-state index in [0.717, 1.165) is 17.3 Å². The van der Waals surface area contributed by atoms with Gasteiger partial charge in [-0.25, -0.2) is 13.1 Å². The molecule has 1 saturated carbocycles. The molecule has 0 spiro atoms. The first-order chi connectivity index (χ1) is 10.9. The van der Waals surface area contributed by atoms with E-state index in [1.54, 1.807) is 12.1 Å². The Morgan fingerprint density at radius 2 is 1.78 bits per heavy atom. The molecule has 1 aromatic carbocycles. The van der Waals surface area contributed by atoms with E-state index in [9.17, 15) is 18.0 Å². The van der Waals surface area contributed by atoms with Crippen molar-refractivity contribution in [2.24, 2.45) is 0 Å². The summed E-state index contributed by atoms with van der Waals surface area (Å²) in [7, 11) is -3.64. The SMILES string of the molecule is O=C(CCNS(=O)(=O)c1ccc(Br)cc1)NCC(=O)NC1CC1. The van der Waals surface area contributed by atoms with Gasteiger partial charge >= 0.3 is 0 Å². The van der Waals surface area contributed by atoms with Crippen molar-refractivity contribution in [2.45, 2.75) is 30.2 Å². The number of sulfonamides is 1. The van der Waals surface area contributed by atoms with Gasteiger partial charge in [0, 0.05) is 23.5 Å². The molecule has 0 aliphatic heterocycles. The second-order valence-corrected chi connectivity index (χ2v) is 7.90. The molecule has 1 aliphatic carbocycles. The van der Waals surface area contributed by atoms with Gasteiger partial charge in [0.25, 0.3) is 0 Å². The first kappa shape index (κ1) is 17.9. The molecule has 7 nitrogen and oxygen atoms in total. The largest absolute Gasteiger partial charge is 0.352 e. The molecule has 2 rings (SSSR count). The summed E-state index contributed by atoms with van der Waals surface area (Å²) in [5, 5.41) is 5.20. The molecule has 0 saturated heterocycles. The van der Waals surface area contributed by atoms with E-state index in [4.69, 9.17) is 0 Å². The summed E-state index contributed by atoms with van der Waals surface area (Å²) in [5.74, 6) is -0.606. The zero-order valence-corrected chi connectivity index (χ0v) is 14.7. The second kappa shape index (κ2) is 7.89. The lowest BCUT2D eigenvalue weighted by Crippen LogP contribution is -2.39. The fourth-order valence-electron chi connectivity index (χ4n) is 1.77. The molecular weight excluding hydrogens is 386 g/mol. The van der Waals surface area contributed by atoms with Crippen molar-refractivity contribution in [3.05, 3.63) is 28.7 Å². The van der Waals surface area contributed by atoms with Crippen LogP contribution in [0, 0.1) is 0 Å². The van der Waals surface area contributed by atoms with Crippen molar-refractivity contribution < 1.29 is 18.0 Å². The summed E-state index contributed by atoms with van der Waals surface area (Å²) >= 11 is 3.23. The maximum atomic E-state index is 12.0. The Bertz CT molecular complexity index is 672. The minimum atomic E-state index is -3.64. The summed E-state index contributed by atoms with van der Waals surface area (Å²) in [6, 6.07) is 6.43. The number of carbonyl (C=O) groups is 2. The van der Waals surface area contributed by atoms with Gasteiger partial charge in [0.05, 0.1) is 11.4 Å². The average Bonchev–Trinajstić information content (AvgIpc) is 3.29. The van der Waals surface area contributed by atoms with Crippen LogP contribution in [0.25, 0.3) is 0 Å². The number of amides is 2. The third-order valence-corrected chi connectivity index (χ3v) is 5.16. The Kier molecular flexibility index (Phi) is 6.14. The maximum Gasteiger partial charge on any atom is 0.240 e. The van der Waals surface area contributed by atoms with Gasteiger partial charge in [-0.2, -0.15) is 0 Å². The zero-order valence-electron chi connectivity index (χ0n) is 12.3. The fraction of sp³-hybridized carbons (Fsp3) is 0.429. The molecule has 0 unspecified atom stereocenters. The van der Waals surface area contributed by atoms with Gasteiger partial charge in [0.1, 0.15) is 0 Å². The van der Waals surface area contributed by atoms with Gasteiger partial charge in [-0.15, -0.1) is 0 Å². The van der Waals surface area contributed by atoms with Crippen LogP contribution in [0.3, 0.4) is 0 Å². The van der Waals surface area contributed by atoms with Crippen LogP contribution in [0.5, 0.6) is 0 Å². The van der Waals surface area contributed by atoms with E-state index in [1.807, 2.05) is 0 Å². The lowest BCUT2D eigenvalue weighted by Gasteiger charge is -2.08. The Balaban J connectivity index is 1.69. The molecule has 1 aromatic rings. The van der Waals surface area contributed by atoms with Crippen LogP contribution in [0.15, 0.2) is 33.6 Å².